The maximum Gasteiger partial charge on any atom is 0.405 e. The highest BCUT2D eigenvalue weighted by Gasteiger charge is 2.50. The smallest absolute Gasteiger partial charge is 0.405 e. The number of para-hydroxylation sites is 1. The molecule has 3 N–H and O–H groups in total. The molecule has 0 saturated carbocycles. The normalized spacial score (nSPS) is 27.8. The topological polar surface area (TPSA) is 121 Å². The van der Waals surface area contributed by atoms with Crippen LogP contribution in [0.3, 0.4) is 0 Å². The summed E-state index contributed by atoms with van der Waals surface area (Å²) >= 11 is 0. The number of amides is 1. The summed E-state index contributed by atoms with van der Waals surface area (Å²) < 4.78 is 22.0. The van der Waals surface area contributed by atoms with Gasteiger partial charge in [0.2, 0.25) is 6.29 Å². The van der Waals surface area contributed by atoms with Crippen LogP contribution in [0.5, 0.6) is 5.75 Å². The predicted octanol–water partition coefficient (Wildman–Crippen LogP) is 1.77. The second kappa shape index (κ2) is 6.62. The Morgan fingerprint density at radius 1 is 1.27 bits per heavy atom. The quantitative estimate of drug-likeness (QED) is 0.797. The molecule has 0 bridgehead atoms. The van der Waals surface area contributed by atoms with Crippen LogP contribution in [0.1, 0.15) is 20.8 Å². The van der Waals surface area contributed by atoms with Crippen molar-refractivity contribution in [2.24, 2.45) is 11.7 Å². The number of primary amides is 1. The second-order valence-corrected chi connectivity index (χ2v) is 6.82. The number of aliphatic hydroxyl groups is 1. The van der Waals surface area contributed by atoms with E-state index in [2.05, 4.69) is 0 Å². The Kier molecular flexibility index (Phi) is 4.64. The van der Waals surface area contributed by atoms with Crippen molar-refractivity contribution in [1.82, 2.24) is 0 Å². The lowest BCUT2D eigenvalue weighted by Gasteiger charge is -2.46. The monoisotopic (exact) mass is 363 g/mol. The summed E-state index contributed by atoms with van der Waals surface area (Å²) in [5, 5.41) is 11.2. The Labute approximate surface area is 149 Å². The molecule has 1 amide bonds. The number of rotatable bonds is 3. The Hall–Kier alpha value is -2.58. The van der Waals surface area contributed by atoms with Crippen LogP contribution in [-0.4, -0.2) is 35.3 Å². The first-order valence-electron chi connectivity index (χ1n) is 8.20. The molecule has 1 fully saturated rings. The van der Waals surface area contributed by atoms with Crippen LogP contribution in [0.15, 0.2) is 39.5 Å². The van der Waals surface area contributed by atoms with Crippen LogP contribution in [0.2, 0.25) is 0 Å². The zero-order valence-corrected chi connectivity index (χ0v) is 14.7. The molecule has 0 spiro atoms. The maximum atomic E-state index is 11.6. The maximum absolute atomic E-state index is 11.6. The lowest BCUT2D eigenvalue weighted by atomic mass is 9.82. The zero-order chi connectivity index (χ0) is 19.1. The molecule has 26 heavy (non-hydrogen) atoms. The van der Waals surface area contributed by atoms with Crippen LogP contribution in [0.4, 0.5) is 4.79 Å². The number of nitrogens with two attached hydrogens (primary N) is 1. The van der Waals surface area contributed by atoms with E-state index in [1.165, 1.54) is 6.07 Å². The van der Waals surface area contributed by atoms with Crippen molar-refractivity contribution < 1.29 is 28.5 Å². The van der Waals surface area contributed by atoms with Gasteiger partial charge in [-0.2, -0.15) is 0 Å². The molecular formula is C18H21NO7. The van der Waals surface area contributed by atoms with E-state index in [0.717, 1.165) is 0 Å². The first-order chi connectivity index (χ1) is 12.2. The Balaban J connectivity index is 1.99. The highest BCUT2D eigenvalue weighted by Crippen LogP contribution is 2.37. The van der Waals surface area contributed by atoms with E-state index in [1.54, 1.807) is 45.0 Å². The van der Waals surface area contributed by atoms with Gasteiger partial charge in [0.25, 0.3) is 0 Å². The fourth-order valence-electron chi connectivity index (χ4n) is 2.96. The molecule has 1 saturated heterocycles. The molecule has 1 unspecified atom stereocenters. The third kappa shape index (κ3) is 3.38. The summed E-state index contributed by atoms with van der Waals surface area (Å²) in [5.41, 5.74) is 4.06. The van der Waals surface area contributed by atoms with E-state index in [4.69, 9.17) is 24.4 Å². The summed E-state index contributed by atoms with van der Waals surface area (Å²) in [6, 6.07) is 7.97. The Bertz CT molecular complexity index is 875. The van der Waals surface area contributed by atoms with E-state index in [9.17, 15) is 14.7 Å². The Morgan fingerprint density at radius 3 is 2.69 bits per heavy atom. The third-order valence-electron chi connectivity index (χ3n) is 4.74. The predicted molar refractivity (Wildman–Crippen MR) is 91.7 cm³/mol. The molecule has 140 valence electrons. The lowest BCUT2D eigenvalue weighted by molar-refractivity contribution is -0.283. The number of hydrogen-bond donors (Lipinski definition) is 2. The SMILES string of the molecule is C[C@@H]1[C@H](O)[C@H](OC(N)=O)C(Oc2cccc3ccc(=O)oc23)OC1(C)C. The molecule has 0 aliphatic carbocycles. The standard InChI is InChI=1S/C18H21NO7/c1-9-13(21)15(25-17(19)22)16(26-18(9,2)3)23-11-6-4-5-10-7-8-12(20)24-14(10)11/h4-9,13,15-16,21H,1-3H3,(H2,19,22)/t9-,13+,15+,16?/m1/s1. The van der Waals surface area contributed by atoms with E-state index < -0.39 is 35.8 Å². The van der Waals surface area contributed by atoms with Crippen LogP contribution < -0.4 is 16.1 Å². The fraction of sp³-hybridized carbons (Fsp3) is 0.444. The van der Waals surface area contributed by atoms with Crippen molar-refractivity contribution >= 4 is 17.1 Å². The summed E-state index contributed by atoms with van der Waals surface area (Å²) in [4.78, 5) is 22.8. The van der Waals surface area contributed by atoms with E-state index in [-0.39, 0.29) is 17.3 Å². The third-order valence-corrected chi connectivity index (χ3v) is 4.74. The van der Waals surface area contributed by atoms with Crippen LogP contribution in [0, 0.1) is 5.92 Å². The highest BCUT2D eigenvalue weighted by atomic mass is 16.7. The number of ether oxygens (including phenoxy) is 3. The van der Waals surface area contributed by atoms with Gasteiger partial charge in [0, 0.05) is 17.4 Å². The average molecular weight is 363 g/mol. The van der Waals surface area contributed by atoms with Crippen molar-refractivity contribution in [1.29, 1.82) is 0 Å². The van der Waals surface area contributed by atoms with E-state index in [0.29, 0.717) is 5.39 Å². The molecule has 2 heterocycles. The van der Waals surface area contributed by atoms with Crippen molar-refractivity contribution in [3.63, 3.8) is 0 Å². The number of benzene rings is 1. The van der Waals surface area contributed by atoms with Gasteiger partial charge in [-0.3, -0.25) is 0 Å². The summed E-state index contributed by atoms with van der Waals surface area (Å²) in [6.45, 7) is 5.36. The van der Waals surface area contributed by atoms with Gasteiger partial charge in [-0.25, -0.2) is 9.59 Å². The molecule has 1 aromatic heterocycles. The molecule has 1 aliphatic heterocycles. The molecule has 0 radical (unpaired) electrons. The molecular weight excluding hydrogens is 342 g/mol. The van der Waals surface area contributed by atoms with Crippen molar-refractivity contribution in [3.8, 4) is 5.75 Å². The second-order valence-electron chi connectivity index (χ2n) is 6.82. The van der Waals surface area contributed by atoms with Gasteiger partial charge >= 0.3 is 11.7 Å². The Morgan fingerprint density at radius 2 is 2.00 bits per heavy atom. The van der Waals surface area contributed by atoms with E-state index >= 15 is 0 Å². The minimum absolute atomic E-state index is 0.223. The number of fused-ring (bicyclic) bond motifs is 1. The number of carbonyl (C=O) groups is 1. The van der Waals surface area contributed by atoms with Gasteiger partial charge in [0.1, 0.15) is 6.10 Å². The minimum atomic E-state index is -1.14. The van der Waals surface area contributed by atoms with Crippen LogP contribution >= 0.6 is 0 Å². The van der Waals surface area contributed by atoms with Gasteiger partial charge in [0.15, 0.2) is 17.4 Å². The molecule has 1 aliphatic rings. The molecule has 8 nitrogen and oxygen atoms in total. The lowest BCUT2D eigenvalue weighted by Crippen LogP contribution is -2.61. The first kappa shape index (κ1) is 18.2. The first-order valence-corrected chi connectivity index (χ1v) is 8.20. The summed E-state index contributed by atoms with van der Waals surface area (Å²) in [5.74, 6) is -0.127. The number of carbonyl (C=O) groups excluding carboxylic acids is 1. The van der Waals surface area contributed by atoms with Gasteiger partial charge in [0.05, 0.1) is 5.60 Å². The van der Waals surface area contributed by atoms with Crippen molar-refractivity contribution in [2.75, 3.05) is 0 Å². The zero-order valence-electron chi connectivity index (χ0n) is 14.7. The van der Waals surface area contributed by atoms with Gasteiger partial charge in [-0.1, -0.05) is 19.1 Å². The molecule has 1 aromatic carbocycles. The molecule has 8 heteroatoms. The van der Waals surface area contributed by atoms with Crippen LogP contribution in [-0.2, 0) is 9.47 Å². The molecule has 2 aromatic rings. The van der Waals surface area contributed by atoms with Crippen molar-refractivity contribution in [2.45, 2.75) is 44.9 Å². The van der Waals surface area contributed by atoms with Gasteiger partial charge in [-0.15, -0.1) is 0 Å². The van der Waals surface area contributed by atoms with E-state index in [1.807, 2.05) is 0 Å². The molecule has 3 rings (SSSR count). The summed E-state index contributed by atoms with van der Waals surface area (Å²) in [7, 11) is 0. The molecule has 4 atom stereocenters. The number of hydrogen-bond acceptors (Lipinski definition) is 7. The number of aliphatic hydroxyl groups excluding tert-OH is 1. The average Bonchev–Trinajstić information content (AvgIpc) is 2.57. The van der Waals surface area contributed by atoms with Gasteiger partial charge < -0.3 is 29.5 Å². The highest BCUT2D eigenvalue weighted by molar-refractivity contribution is 5.82. The fourth-order valence-corrected chi connectivity index (χ4v) is 2.96. The van der Waals surface area contributed by atoms with Gasteiger partial charge in [-0.05, 0) is 26.0 Å². The largest absolute Gasteiger partial charge is 0.457 e. The van der Waals surface area contributed by atoms with Crippen LogP contribution in [0.25, 0.3) is 11.0 Å². The minimum Gasteiger partial charge on any atom is -0.457 e. The van der Waals surface area contributed by atoms with Crippen molar-refractivity contribution in [3.05, 3.63) is 40.8 Å². The summed E-state index contributed by atoms with van der Waals surface area (Å²) in [6.07, 6.45) is -4.39.